The molecule has 0 amide bonds. The van der Waals surface area contributed by atoms with Crippen molar-refractivity contribution in [1.82, 2.24) is 10.2 Å². The Morgan fingerprint density at radius 1 is 1.29 bits per heavy atom. The molecule has 1 saturated heterocycles. The summed E-state index contributed by atoms with van der Waals surface area (Å²) in [5, 5.41) is 3.38. The molecule has 21 heavy (non-hydrogen) atoms. The maximum atomic E-state index is 13.9. The summed E-state index contributed by atoms with van der Waals surface area (Å²) in [5.74, 6) is -0.525. The number of nitrogens with zero attached hydrogens (tertiary/aromatic N) is 1. The summed E-state index contributed by atoms with van der Waals surface area (Å²) in [4.78, 5) is 2.31. The zero-order valence-corrected chi connectivity index (χ0v) is 12.7. The Morgan fingerprint density at radius 3 is 2.52 bits per heavy atom. The molecule has 1 aromatic carbocycles. The fraction of sp³-hybridized carbons (Fsp3) is 0.625. The molecule has 0 radical (unpaired) electrons. The second kappa shape index (κ2) is 6.79. The van der Waals surface area contributed by atoms with E-state index in [1.807, 2.05) is 0 Å². The Balaban J connectivity index is 2.28. The SMILES string of the molecule is CC(C)C(c1ccc(C(F)F)c(F)c1)N1CCN[C@@H](C)C1. The monoisotopic (exact) mass is 300 g/mol. The number of hydrogen-bond acceptors (Lipinski definition) is 2. The van der Waals surface area contributed by atoms with Crippen LogP contribution in [0.5, 0.6) is 0 Å². The average molecular weight is 300 g/mol. The van der Waals surface area contributed by atoms with E-state index in [4.69, 9.17) is 0 Å². The minimum atomic E-state index is -2.77. The van der Waals surface area contributed by atoms with Crippen LogP contribution < -0.4 is 5.32 Å². The third-order valence-electron chi connectivity index (χ3n) is 4.03. The second-order valence-electron chi connectivity index (χ2n) is 6.12. The van der Waals surface area contributed by atoms with Gasteiger partial charge in [0.1, 0.15) is 5.82 Å². The maximum absolute atomic E-state index is 13.9. The number of halogens is 3. The van der Waals surface area contributed by atoms with Crippen molar-refractivity contribution in [1.29, 1.82) is 0 Å². The molecular weight excluding hydrogens is 277 g/mol. The van der Waals surface area contributed by atoms with Crippen LogP contribution in [0.2, 0.25) is 0 Å². The van der Waals surface area contributed by atoms with E-state index in [2.05, 4.69) is 31.0 Å². The van der Waals surface area contributed by atoms with Gasteiger partial charge in [-0.1, -0.05) is 26.0 Å². The van der Waals surface area contributed by atoms with Crippen molar-refractivity contribution in [2.45, 2.75) is 39.3 Å². The Morgan fingerprint density at radius 2 is 2.00 bits per heavy atom. The van der Waals surface area contributed by atoms with Crippen LogP contribution >= 0.6 is 0 Å². The highest BCUT2D eigenvalue weighted by Gasteiger charge is 2.28. The molecule has 1 fully saturated rings. The molecule has 1 N–H and O–H groups in total. The van der Waals surface area contributed by atoms with Crippen LogP contribution in [0.3, 0.4) is 0 Å². The van der Waals surface area contributed by atoms with Gasteiger partial charge in [0.2, 0.25) is 0 Å². The van der Waals surface area contributed by atoms with Crippen molar-refractivity contribution in [3.63, 3.8) is 0 Å². The van der Waals surface area contributed by atoms with Crippen LogP contribution in [0.4, 0.5) is 13.2 Å². The molecule has 1 aliphatic heterocycles. The van der Waals surface area contributed by atoms with Crippen molar-refractivity contribution in [3.8, 4) is 0 Å². The number of rotatable bonds is 4. The number of alkyl halides is 2. The Labute approximate surface area is 124 Å². The predicted octanol–water partition coefficient (Wildman–Crippen LogP) is 3.75. The van der Waals surface area contributed by atoms with Crippen LogP contribution in [-0.2, 0) is 0 Å². The Kier molecular flexibility index (Phi) is 5.27. The first-order valence-corrected chi connectivity index (χ1v) is 7.45. The van der Waals surface area contributed by atoms with Gasteiger partial charge in [-0.2, -0.15) is 0 Å². The van der Waals surface area contributed by atoms with Gasteiger partial charge in [-0.3, -0.25) is 4.90 Å². The van der Waals surface area contributed by atoms with E-state index < -0.39 is 17.8 Å². The van der Waals surface area contributed by atoms with Gasteiger partial charge in [-0.15, -0.1) is 0 Å². The van der Waals surface area contributed by atoms with E-state index in [0.29, 0.717) is 6.04 Å². The van der Waals surface area contributed by atoms with E-state index >= 15 is 0 Å². The molecule has 0 aliphatic carbocycles. The third kappa shape index (κ3) is 3.77. The molecule has 118 valence electrons. The second-order valence-corrected chi connectivity index (χ2v) is 6.12. The van der Waals surface area contributed by atoms with Crippen molar-refractivity contribution in [3.05, 3.63) is 35.1 Å². The number of piperazine rings is 1. The van der Waals surface area contributed by atoms with Crippen LogP contribution in [0.25, 0.3) is 0 Å². The molecule has 1 aliphatic rings. The van der Waals surface area contributed by atoms with Crippen LogP contribution in [0.1, 0.15) is 44.4 Å². The zero-order valence-electron chi connectivity index (χ0n) is 12.7. The number of benzene rings is 1. The third-order valence-corrected chi connectivity index (χ3v) is 4.03. The maximum Gasteiger partial charge on any atom is 0.266 e. The fourth-order valence-corrected chi connectivity index (χ4v) is 3.14. The van der Waals surface area contributed by atoms with Crippen molar-refractivity contribution in [2.24, 2.45) is 5.92 Å². The molecule has 2 rings (SSSR count). The minimum Gasteiger partial charge on any atom is -0.312 e. The highest BCUT2D eigenvalue weighted by Crippen LogP contribution is 2.32. The van der Waals surface area contributed by atoms with Crippen molar-refractivity contribution in [2.75, 3.05) is 19.6 Å². The summed E-state index contributed by atoms with van der Waals surface area (Å²) in [5.41, 5.74) is 0.260. The minimum absolute atomic E-state index is 0.0516. The van der Waals surface area contributed by atoms with Gasteiger partial charge >= 0.3 is 0 Å². The largest absolute Gasteiger partial charge is 0.312 e. The van der Waals surface area contributed by atoms with Gasteiger partial charge in [-0.05, 0) is 24.5 Å². The molecule has 2 nitrogen and oxygen atoms in total. The topological polar surface area (TPSA) is 15.3 Å². The molecule has 0 aromatic heterocycles. The lowest BCUT2D eigenvalue weighted by Crippen LogP contribution is -2.51. The standard InChI is InChI=1S/C16H23F3N2/c1-10(2)15(21-7-6-20-11(3)9-21)12-4-5-13(16(18)19)14(17)8-12/h4-5,8,10-11,15-16,20H,6-7,9H2,1-3H3/t11-,15?/m0/s1. The predicted molar refractivity (Wildman–Crippen MR) is 78.0 cm³/mol. The Hall–Kier alpha value is -1.07. The molecule has 5 heteroatoms. The molecule has 2 atom stereocenters. The Bertz CT molecular complexity index is 477. The van der Waals surface area contributed by atoms with Gasteiger partial charge in [0.15, 0.2) is 0 Å². The zero-order chi connectivity index (χ0) is 15.6. The average Bonchev–Trinajstić information content (AvgIpc) is 2.38. The van der Waals surface area contributed by atoms with E-state index in [-0.39, 0.29) is 12.0 Å². The van der Waals surface area contributed by atoms with Crippen molar-refractivity contribution < 1.29 is 13.2 Å². The molecule has 0 saturated carbocycles. The summed E-state index contributed by atoms with van der Waals surface area (Å²) in [7, 11) is 0. The molecular formula is C16H23F3N2. The van der Waals surface area contributed by atoms with Crippen LogP contribution in [0.15, 0.2) is 18.2 Å². The summed E-state index contributed by atoms with van der Waals surface area (Å²) in [6.07, 6.45) is -2.77. The summed E-state index contributed by atoms with van der Waals surface area (Å²) < 4.78 is 39.2. The van der Waals surface area contributed by atoms with E-state index in [0.717, 1.165) is 25.2 Å². The van der Waals surface area contributed by atoms with Gasteiger partial charge < -0.3 is 5.32 Å². The van der Waals surface area contributed by atoms with E-state index in [9.17, 15) is 13.2 Å². The molecule has 1 heterocycles. The van der Waals surface area contributed by atoms with E-state index in [1.54, 1.807) is 6.07 Å². The van der Waals surface area contributed by atoms with Crippen LogP contribution in [0, 0.1) is 11.7 Å². The highest BCUT2D eigenvalue weighted by molar-refractivity contribution is 5.28. The molecule has 1 aromatic rings. The molecule has 0 spiro atoms. The first-order chi connectivity index (χ1) is 9.90. The smallest absolute Gasteiger partial charge is 0.266 e. The summed E-state index contributed by atoms with van der Waals surface area (Å²) in [6, 6.07) is 4.57. The van der Waals surface area contributed by atoms with Gasteiger partial charge in [0.05, 0.1) is 5.56 Å². The van der Waals surface area contributed by atoms with Gasteiger partial charge in [0, 0.05) is 31.7 Å². The number of nitrogens with one attached hydrogen (secondary N) is 1. The van der Waals surface area contributed by atoms with Gasteiger partial charge in [-0.25, -0.2) is 13.2 Å². The quantitative estimate of drug-likeness (QED) is 0.911. The molecule has 0 bridgehead atoms. The lowest BCUT2D eigenvalue weighted by molar-refractivity contribution is 0.116. The number of hydrogen-bond donors (Lipinski definition) is 1. The first kappa shape index (κ1) is 16.3. The van der Waals surface area contributed by atoms with E-state index in [1.165, 1.54) is 12.1 Å². The van der Waals surface area contributed by atoms with Crippen LogP contribution in [-0.4, -0.2) is 30.6 Å². The highest BCUT2D eigenvalue weighted by atomic mass is 19.3. The lowest BCUT2D eigenvalue weighted by Gasteiger charge is -2.40. The fourth-order valence-electron chi connectivity index (χ4n) is 3.14. The lowest BCUT2D eigenvalue weighted by atomic mass is 9.92. The van der Waals surface area contributed by atoms with Gasteiger partial charge in [0.25, 0.3) is 6.43 Å². The molecule has 1 unspecified atom stereocenters. The first-order valence-electron chi connectivity index (χ1n) is 7.45. The summed E-state index contributed by atoms with van der Waals surface area (Å²) in [6.45, 7) is 8.92. The summed E-state index contributed by atoms with van der Waals surface area (Å²) >= 11 is 0. The normalized spacial score (nSPS) is 22.0. The van der Waals surface area contributed by atoms with Crippen molar-refractivity contribution >= 4 is 0 Å².